The van der Waals surface area contributed by atoms with Crippen LogP contribution >= 0.6 is 0 Å². The average molecular weight is 324 g/mol. The van der Waals surface area contributed by atoms with Gasteiger partial charge in [-0.1, -0.05) is 68.5 Å². The fourth-order valence-corrected chi connectivity index (χ4v) is 3.97. The molecule has 1 heterocycles. The largest absolute Gasteiger partial charge is 0.460 e. The van der Waals surface area contributed by atoms with E-state index >= 15 is 0 Å². The minimum absolute atomic E-state index is 0.380. The van der Waals surface area contributed by atoms with Gasteiger partial charge < -0.3 is 4.42 Å². The molecular weight excluding hydrogens is 304 g/mol. The summed E-state index contributed by atoms with van der Waals surface area (Å²) in [5.41, 5.74) is 6.57. The van der Waals surface area contributed by atoms with E-state index in [-0.39, 0.29) is 0 Å². The number of rotatable bonds is 2. The van der Waals surface area contributed by atoms with Crippen molar-refractivity contribution in [2.45, 2.75) is 26.2 Å². The van der Waals surface area contributed by atoms with Gasteiger partial charge in [0.2, 0.25) is 0 Å². The van der Waals surface area contributed by atoms with Gasteiger partial charge in [0.25, 0.3) is 0 Å². The zero-order chi connectivity index (χ0) is 17.0. The predicted octanol–water partition coefficient (Wildman–Crippen LogP) is 6.76. The Balaban J connectivity index is 1.80. The van der Waals surface area contributed by atoms with Crippen molar-refractivity contribution in [3.8, 4) is 11.3 Å². The molecule has 0 saturated heterocycles. The molecule has 3 aliphatic rings. The van der Waals surface area contributed by atoms with Gasteiger partial charge in [-0.05, 0) is 46.0 Å². The summed E-state index contributed by atoms with van der Waals surface area (Å²) in [6.45, 7) is 4.36. The van der Waals surface area contributed by atoms with E-state index in [4.69, 9.17) is 4.42 Å². The molecule has 0 amide bonds. The Morgan fingerprint density at radius 3 is 2.40 bits per heavy atom. The van der Waals surface area contributed by atoms with Crippen LogP contribution in [0.15, 0.2) is 65.1 Å². The van der Waals surface area contributed by atoms with Gasteiger partial charge in [-0.15, -0.1) is 0 Å². The zero-order valence-corrected chi connectivity index (χ0v) is 14.5. The summed E-state index contributed by atoms with van der Waals surface area (Å²) in [6.07, 6.45) is 3.30. The highest BCUT2D eigenvalue weighted by Gasteiger charge is 2.25. The molecule has 1 heteroatoms. The molecule has 0 fully saturated rings. The molecule has 0 bridgehead atoms. The highest BCUT2D eigenvalue weighted by molar-refractivity contribution is 6.12. The zero-order valence-electron chi connectivity index (χ0n) is 14.5. The molecule has 2 aromatic carbocycles. The SMILES string of the molecule is CC(C)c1ccc2c3ccccc3c(C3=Cc4ccccc4C3)c-2o1. The highest BCUT2D eigenvalue weighted by atomic mass is 16.3. The average Bonchev–Trinajstić information content (AvgIpc) is 3.19. The fraction of sp³-hybridized carbons (Fsp3) is 0.167. The van der Waals surface area contributed by atoms with Gasteiger partial charge in [-0.25, -0.2) is 0 Å². The maximum Gasteiger partial charge on any atom is 0.142 e. The predicted molar refractivity (Wildman–Crippen MR) is 105 cm³/mol. The summed E-state index contributed by atoms with van der Waals surface area (Å²) >= 11 is 0. The third kappa shape index (κ3) is 2.16. The second kappa shape index (κ2) is 5.35. The molecule has 2 aromatic rings. The molecule has 0 saturated carbocycles. The van der Waals surface area contributed by atoms with E-state index in [1.54, 1.807) is 0 Å². The summed E-state index contributed by atoms with van der Waals surface area (Å²) in [6, 6.07) is 21.7. The number of fused-ring (bicyclic) bond motifs is 4. The lowest BCUT2D eigenvalue weighted by Gasteiger charge is -2.10. The molecule has 122 valence electrons. The highest BCUT2D eigenvalue weighted by Crippen LogP contribution is 2.46. The van der Waals surface area contributed by atoms with E-state index in [1.807, 2.05) is 0 Å². The lowest BCUT2D eigenvalue weighted by atomic mass is 10.0. The van der Waals surface area contributed by atoms with Crippen molar-refractivity contribution in [2.24, 2.45) is 0 Å². The first-order valence-corrected chi connectivity index (χ1v) is 8.95. The molecule has 0 unspecified atom stereocenters. The first-order chi connectivity index (χ1) is 12.2. The van der Waals surface area contributed by atoms with E-state index in [9.17, 15) is 0 Å². The Hall–Kier alpha value is -2.80. The number of allylic oxidation sites excluding steroid dienone is 1. The number of hydrogen-bond acceptors (Lipinski definition) is 1. The van der Waals surface area contributed by atoms with Gasteiger partial charge >= 0.3 is 0 Å². The summed E-state index contributed by atoms with van der Waals surface area (Å²) in [5, 5.41) is 2.57. The third-order valence-electron chi connectivity index (χ3n) is 5.25. The molecule has 1 nitrogen and oxygen atoms in total. The number of hydrogen-bond donors (Lipinski definition) is 0. The second-order valence-electron chi connectivity index (χ2n) is 7.20. The van der Waals surface area contributed by atoms with Crippen LogP contribution in [0.2, 0.25) is 0 Å². The van der Waals surface area contributed by atoms with Crippen molar-refractivity contribution in [3.63, 3.8) is 0 Å². The van der Waals surface area contributed by atoms with Crippen molar-refractivity contribution >= 4 is 22.4 Å². The molecule has 0 aromatic heterocycles. The van der Waals surface area contributed by atoms with Crippen molar-refractivity contribution in [1.82, 2.24) is 0 Å². The van der Waals surface area contributed by atoms with Crippen LogP contribution in [0.5, 0.6) is 0 Å². The Morgan fingerprint density at radius 2 is 1.60 bits per heavy atom. The summed E-state index contributed by atoms with van der Waals surface area (Å²) in [4.78, 5) is 0. The van der Waals surface area contributed by atoms with E-state index in [0.29, 0.717) is 5.92 Å². The maximum atomic E-state index is 6.41. The molecular formula is C24H20O. The summed E-state index contributed by atoms with van der Waals surface area (Å²) < 4.78 is 6.41. The van der Waals surface area contributed by atoms with Crippen LogP contribution in [0.1, 0.15) is 42.2 Å². The Bertz CT molecular complexity index is 1090. The molecule has 1 aliphatic heterocycles. The van der Waals surface area contributed by atoms with Crippen LogP contribution in [0, 0.1) is 0 Å². The molecule has 0 radical (unpaired) electrons. The lowest BCUT2D eigenvalue weighted by molar-refractivity contribution is 0.483. The minimum atomic E-state index is 0.380. The fourth-order valence-electron chi connectivity index (χ4n) is 3.97. The normalized spacial score (nSPS) is 13.6. The van der Waals surface area contributed by atoms with E-state index < -0.39 is 0 Å². The van der Waals surface area contributed by atoms with Crippen molar-refractivity contribution < 1.29 is 4.42 Å². The van der Waals surface area contributed by atoms with Crippen LogP contribution in [0.3, 0.4) is 0 Å². The molecule has 25 heavy (non-hydrogen) atoms. The van der Waals surface area contributed by atoms with Gasteiger partial charge in [-0.2, -0.15) is 0 Å². The second-order valence-corrected chi connectivity index (χ2v) is 7.20. The quantitative estimate of drug-likeness (QED) is 0.397. The van der Waals surface area contributed by atoms with Gasteiger partial charge in [0.15, 0.2) is 0 Å². The topological polar surface area (TPSA) is 13.1 Å². The van der Waals surface area contributed by atoms with Crippen molar-refractivity contribution in [2.75, 3.05) is 0 Å². The van der Waals surface area contributed by atoms with E-state index in [1.165, 1.54) is 38.6 Å². The van der Waals surface area contributed by atoms with Crippen LogP contribution in [-0.4, -0.2) is 0 Å². The minimum Gasteiger partial charge on any atom is -0.460 e. The van der Waals surface area contributed by atoms with E-state index in [0.717, 1.165) is 17.9 Å². The smallest absolute Gasteiger partial charge is 0.142 e. The summed E-state index contributed by atoms with van der Waals surface area (Å²) in [7, 11) is 0. The lowest BCUT2D eigenvalue weighted by Crippen LogP contribution is -1.91. The maximum absolute atomic E-state index is 6.41. The van der Waals surface area contributed by atoms with E-state index in [2.05, 4.69) is 80.6 Å². The van der Waals surface area contributed by atoms with Gasteiger partial charge in [0.05, 0.1) is 0 Å². The van der Waals surface area contributed by atoms with Crippen LogP contribution < -0.4 is 0 Å². The van der Waals surface area contributed by atoms with Gasteiger partial charge in [0.1, 0.15) is 11.5 Å². The molecule has 5 rings (SSSR count). The van der Waals surface area contributed by atoms with Crippen molar-refractivity contribution in [3.05, 3.63) is 83.1 Å². The van der Waals surface area contributed by atoms with Gasteiger partial charge in [0, 0.05) is 17.0 Å². The molecule has 2 aliphatic carbocycles. The monoisotopic (exact) mass is 324 g/mol. The van der Waals surface area contributed by atoms with Crippen LogP contribution in [-0.2, 0) is 6.42 Å². The van der Waals surface area contributed by atoms with Crippen LogP contribution in [0.4, 0.5) is 0 Å². The summed E-state index contributed by atoms with van der Waals surface area (Å²) in [5.74, 6) is 2.46. The molecule has 0 atom stereocenters. The standard InChI is InChI=1S/C24H20O/c1-15(2)22-12-11-21-19-9-5-6-10-20(19)23(24(21)25-22)18-13-16-7-3-4-8-17(16)14-18/h3-13,15H,14H2,1-2H3. The Labute approximate surface area is 147 Å². The third-order valence-corrected chi connectivity index (χ3v) is 5.25. The molecule has 0 N–H and O–H groups in total. The Kier molecular flexibility index (Phi) is 3.11. The Morgan fingerprint density at radius 1 is 0.840 bits per heavy atom. The van der Waals surface area contributed by atoms with Gasteiger partial charge in [-0.3, -0.25) is 0 Å². The first-order valence-electron chi connectivity index (χ1n) is 8.95. The van der Waals surface area contributed by atoms with Crippen LogP contribution in [0.25, 0.3) is 33.7 Å². The first kappa shape index (κ1) is 14.5. The molecule has 0 spiro atoms. The van der Waals surface area contributed by atoms with Crippen molar-refractivity contribution in [1.29, 1.82) is 0 Å². The number of benzene rings is 2.